The molecule has 0 atom stereocenters. The van der Waals surface area contributed by atoms with E-state index in [2.05, 4.69) is 0 Å². The van der Waals surface area contributed by atoms with Crippen molar-refractivity contribution in [3.63, 3.8) is 0 Å². The van der Waals surface area contributed by atoms with Gasteiger partial charge in [-0.1, -0.05) is 36.4 Å². The van der Waals surface area contributed by atoms with Gasteiger partial charge < -0.3 is 14.2 Å². The molecule has 0 unspecified atom stereocenters. The first-order valence-corrected chi connectivity index (χ1v) is 7.60. The minimum Gasteiger partial charge on any atom is -0.486 e. The normalized spacial score (nSPS) is 13.0. The van der Waals surface area contributed by atoms with Crippen molar-refractivity contribution in [2.75, 3.05) is 19.8 Å². The third-order valence-electron chi connectivity index (χ3n) is 3.46. The fourth-order valence-corrected chi connectivity index (χ4v) is 2.29. The van der Waals surface area contributed by atoms with Crippen LogP contribution in [0, 0.1) is 0 Å². The second-order valence-corrected chi connectivity index (χ2v) is 5.14. The Kier molecular flexibility index (Phi) is 4.94. The molecule has 118 valence electrons. The summed E-state index contributed by atoms with van der Waals surface area (Å²) in [7, 11) is 0. The van der Waals surface area contributed by atoms with Gasteiger partial charge in [-0.3, -0.25) is 0 Å². The molecule has 0 aromatic heterocycles. The molecule has 1 aliphatic rings. The Morgan fingerprint density at radius 3 is 2.65 bits per heavy atom. The fraction of sp³-hybridized carbons (Fsp3) is 0.211. The average molecular weight is 310 g/mol. The standard InChI is InChI=1S/C19H18O4/c20-19(23-11-10-15-4-2-1-3-5-15)9-7-16-6-8-17-18(14-16)22-13-12-21-17/h1-9,14H,10-13H2/b9-7+. The lowest BCUT2D eigenvalue weighted by Crippen LogP contribution is -2.15. The second kappa shape index (κ2) is 7.49. The summed E-state index contributed by atoms with van der Waals surface area (Å²) in [4.78, 5) is 11.7. The van der Waals surface area contributed by atoms with Gasteiger partial charge in [0, 0.05) is 12.5 Å². The predicted molar refractivity (Wildman–Crippen MR) is 87.6 cm³/mol. The zero-order valence-electron chi connectivity index (χ0n) is 12.7. The van der Waals surface area contributed by atoms with Gasteiger partial charge in [-0.15, -0.1) is 0 Å². The van der Waals surface area contributed by atoms with Crippen LogP contribution < -0.4 is 9.47 Å². The topological polar surface area (TPSA) is 44.8 Å². The molecule has 4 nitrogen and oxygen atoms in total. The number of carbonyl (C=O) groups excluding carboxylic acids is 1. The van der Waals surface area contributed by atoms with Crippen LogP contribution in [-0.4, -0.2) is 25.8 Å². The van der Waals surface area contributed by atoms with Crippen molar-refractivity contribution >= 4 is 12.0 Å². The highest BCUT2D eigenvalue weighted by Crippen LogP contribution is 2.31. The lowest BCUT2D eigenvalue weighted by atomic mass is 10.2. The Labute approximate surface area is 135 Å². The van der Waals surface area contributed by atoms with Gasteiger partial charge in [-0.05, 0) is 29.3 Å². The predicted octanol–water partition coefficient (Wildman–Crippen LogP) is 3.26. The van der Waals surface area contributed by atoms with Gasteiger partial charge in [0.15, 0.2) is 11.5 Å². The first kappa shape index (κ1) is 15.2. The molecule has 2 aromatic carbocycles. The van der Waals surface area contributed by atoms with Crippen LogP contribution in [0.15, 0.2) is 54.6 Å². The van der Waals surface area contributed by atoms with Crippen molar-refractivity contribution in [1.29, 1.82) is 0 Å². The number of ether oxygens (including phenoxy) is 3. The molecule has 0 saturated carbocycles. The van der Waals surface area contributed by atoms with E-state index in [1.807, 2.05) is 48.5 Å². The molecule has 0 saturated heterocycles. The molecule has 0 spiro atoms. The van der Waals surface area contributed by atoms with Crippen molar-refractivity contribution in [3.05, 3.63) is 65.7 Å². The fourth-order valence-electron chi connectivity index (χ4n) is 2.29. The van der Waals surface area contributed by atoms with E-state index in [-0.39, 0.29) is 5.97 Å². The SMILES string of the molecule is O=C(/C=C/c1ccc2c(c1)OCCO2)OCCc1ccccc1. The zero-order chi connectivity index (χ0) is 15.9. The van der Waals surface area contributed by atoms with Gasteiger partial charge in [-0.2, -0.15) is 0 Å². The molecule has 4 heteroatoms. The van der Waals surface area contributed by atoms with Gasteiger partial charge in [0.2, 0.25) is 0 Å². The molecule has 23 heavy (non-hydrogen) atoms. The molecular weight excluding hydrogens is 292 g/mol. The second-order valence-electron chi connectivity index (χ2n) is 5.14. The van der Waals surface area contributed by atoms with Crippen molar-refractivity contribution in [1.82, 2.24) is 0 Å². The summed E-state index contributed by atoms with van der Waals surface area (Å²) in [6, 6.07) is 15.5. The van der Waals surface area contributed by atoms with Crippen LogP contribution in [0.3, 0.4) is 0 Å². The molecule has 2 aromatic rings. The number of rotatable bonds is 5. The summed E-state index contributed by atoms with van der Waals surface area (Å²) < 4.78 is 16.2. The summed E-state index contributed by atoms with van der Waals surface area (Å²) in [5.41, 5.74) is 2.02. The highest BCUT2D eigenvalue weighted by atomic mass is 16.6. The van der Waals surface area contributed by atoms with E-state index < -0.39 is 0 Å². The average Bonchev–Trinajstić information content (AvgIpc) is 2.61. The zero-order valence-corrected chi connectivity index (χ0v) is 12.7. The van der Waals surface area contributed by atoms with E-state index in [4.69, 9.17) is 14.2 Å². The van der Waals surface area contributed by atoms with Crippen LogP contribution in [0.25, 0.3) is 6.08 Å². The summed E-state index contributed by atoms with van der Waals surface area (Å²) >= 11 is 0. The van der Waals surface area contributed by atoms with Crippen molar-refractivity contribution in [2.45, 2.75) is 6.42 Å². The van der Waals surface area contributed by atoms with Gasteiger partial charge in [0.25, 0.3) is 0 Å². The largest absolute Gasteiger partial charge is 0.486 e. The molecule has 0 aliphatic carbocycles. The third kappa shape index (κ3) is 4.36. The third-order valence-corrected chi connectivity index (χ3v) is 3.46. The van der Waals surface area contributed by atoms with Gasteiger partial charge in [0.05, 0.1) is 6.61 Å². The number of fused-ring (bicyclic) bond motifs is 1. The van der Waals surface area contributed by atoms with E-state index >= 15 is 0 Å². The van der Waals surface area contributed by atoms with Crippen LogP contribution in [0.4, 0.5) is 0 Å². The summed E-state index contributed by atoms with van der Waals surface area (Å²) in [5.74, 6) is 1.09. The van der Waals surface area contributed by atoms with Crippen LogP contribution in [0.1, 0.15) is 11.1 Å². The monoisotopic (exact) mass is 310 g/mol. The van der Waals surface area contributed by atoms with Crippen molar-refractivity contribution in [3.8, 4) is 11.5 Å². The number of esters is 1. The first-order chi connectivity index (χ1) is 11.3. The highest BCUT2D eigenvalue weighted by molar-refractivity contribution is 5.87. The lowest BCUT2D eigenvalue weighted by Gasteiger charge is -2.18. The van der Waals surface area contributed by atoms with Crippen molar-refractivity contribution < 1.29 is 19.0 Å². The molecule has 0 fully saturated rings. The number of carbonyl (C=O) groups is 1. The van der Waals surface area contributed by atoms with Crippen molar-refractivity contribution in [2.24, 2.45) is 0 Å². The maximum absolute atomic E-state index is 11.7. The summed E-state index contributed by atoms with van der Waals surface area (Å²) in [6.45, 7) is 1.48. The van der Waals surface area contributed by atoms with E-state index in [1.54, 1.807) is 6.08 Å². The first-order valence-electron chi connectivity index (χ1n) is 7.60. The summed E-state index contributed by atoms with van der Waals surface area (Å²) in [5, 5.41) is 0. The Balaban J connectivity index is 1.50. The molecule has 3 rings (SSSR count). The molecule has 0 amide bonds. The number of benzene rings is 2. The van der Waals surface area contributed by atoms with Gasteiger partial charge in [0.1, 0.15) is 13.2 Å². The molecular formula is C19H18O4. The van der Waals surface area contributed by atoms with Crippen LogP contribution in [0.5, 0.6) is 11.5 Å². The molecule has 0 radical (unpaired) electrons. The minimum absolute atomic E-state index is 0.351. The van der Waals surface area contributed by atoms with E-state index in [9.17, 15) is 4.79 Å². The van der Waals surface area contributed by atoms with Crippen LogP contribution >= 0.6 is 0 Å². The number of hydrogen-bond acceptors (Lipinski definition) is 4. The minimum atomic E-state index is -0.351. The Hall–Kier alpha value is -2.75. The van der Waals surface area contributed by atoms with E-state index in [0.29, 0.717) is 32.0 Å². The van der Waals surface area contributed by atoms with Crippen LogP contribution in [-0.2, 0) is 16.0 Å². The summed E-state index contributed by atoms with van der Waals surface area (Å²) in [6.07, 6.45) is 3.85. The Morgan fingerprint density at radius 1 is 1.04 bits per heavy atom. The van der Waals surface area contributed by atoms with E-state index in [1.165, 1.54) is 6.08 Å². The van der Waals surface area contributed by atoms with Gasteiger partial charge in [-0.25, -0.2) is 4.79 Å². The lowest BCUT2D eigenvalue weighted by molar-refractivity contribution is -0.137. The Morgan fingerprint density at radius 2 is 1.83 bits per heavy atom. The quantitative estimate of drug-likeness (QED) is 0.628. The smallest absolute Gasteiger partial charge is 0.330 e. The molecule has 0 N–H and O–H groups in total. The van der Waals surface area contributed by atoms with Crippen LogP contribution in [0.2, 0.25) is 0 Å². The Bertz CT molecular complexity index is 692. The molecule has 1 aliphatic heterocycles. The molecule has 1 heterocycles. The highest BCUT2D eigenvalue weighted by Gasteiger charge is 2.10. The maximum atomic E-state index is 11.7. The van der Waals surface area contributed by atoms with E-state index in [0.717, 1.165) is 16.9 Å². The number of hydrogen-bond donors (Lipinski definition) is 0. The molecule has 0 bridgehead atoms. The maximum Gasteiger partial charge on any atom is 0.330 e. The van der Waals surface area contributed by atoms with Gasteiger partial charge >= 0.3 is 5.97 Å².